The molecule has 0 aliphatic heterocycles. The van der Waals surface area contributed by atoms with E-state index in [1.54, 1.807) is 20.8 Å². The molecular formula is C15H26BNO4. The average Bonchev–Trinajstić information content (AvgIpc) is 2.84. The van der Waals surface area contributed by atoms with E-state index in [9.17, 15) is 9.59 Å². The largest absolute Gasteiger partial charge is 0.461 e. The highest BCUT2D eigenvalue weighted by Gasteiger charge is 2.28. The van der Waals surface area contributed by atoms with Crippen LogP contribution in [-0.4, -0.2) is 37.7 Å². The van der Waals surface area contributed by atoms with Crippen LogP contribution in [0.1, 0.15) is 59.3 Å². The molecule has 21 heavy (non-hydrogen) atoms. The SMILES string of the molecule is [B]CCC[C@H](NC(=O)OC(C)(C)C)C(=O)OC1CCCC1. The van der Waals surface area contributed by atoms with Crippen molar-refractivity contribution in [3.8, 4) is 0 Å². The molecule has 0 aromatic heterocycles. The van der Waals surface area contributed by atoms with Gasteiger partial charge < -0.3 is 14.8 Å². The molecule has 1 aliphatic carbocycles. The van der Waals surface area contributed by atoms with Crippen molar-refractivity contribution in [1.82, 2.24) is 5.32 Å². The maximum absolute atomic E-state index is 12.2. The van der Waals surface area contributed by atoms with Crippen LogP contribution in [0.5, 0.6) is 0 Å². The number of hydrogen-bond acceptors (Lipinski definition) is 4. The van der Waals surface area contributed by atoms with E-state index in [0.29, 0.717) is 19.2 Å². The first-order chi connectivity index (χ1) is 9.81. The summed E-state index contributed by atoms with van der Waals surface area (Å²) in [6, 6.07) is -0.691. The molecular weight excluding hydrogens is 269 g/mol. The van der Waals surface area contributed by atoms with E-state index in [1.165, 1.54) is 0 Å². The fraction of sp³-hybridized carbons (Fsp3) is 0.867. The van der Waals surface area contributed by atoms with Crippen LogP contribution in [0, 0.1) is 0 Å². The highest BCUT2D eigenvalue weighted by Crippen LogP contribution is 2.22. The lowest BCUT2D eigenvalue weighted by molar-refractivity contribution is -0.151. The molecule has 0 unspecified atom stereocenters. The highest BCUT2D eigenvalue weighted by molar-refractivity contribution is 6.08. The number of nitrogens with one attached hydrogen (secondary N) is 1. The Hall–Kier alpha value is -1.20. The highest BCUT2D eigenvalue weighted by atomic mass is 16.6. The minimum Gasteiger partial charge on any atom is -0.461 e. The Balaban J connectivity index is 2.52. The molecule has 5 nitrogen and oxygen atoms in total. The van der Waals surface area contributed by atoms with Crippen molar-refractivity contribution >= 4 is 19.9 Å². The maximum Gasteiger partial charge on any atom is 0.408 e. The summed E-state index contributed by atoms with van der Waals surface area (Å²) in [5.74, 6) is -0.388. The number of ether oxygens (including phenoxy) is 2. The lowest BCUT2D eigenvalue weighted by atomic mass is 9.98. The van der Waals surface area contributed by atoms with Crippen molar-refractivity contribution in [3.05, 3.63) is 0 Å². The summed E-state index contributed by atoms with van der Waals surface area (Å²) >= 11 is 0. The molecule has 0 spiro atoms. The molecule has 6 heteroatoms. The Morgan fingerprint density at radius 2 is 1.90 bits per heavy atom. The maximum atomic E-state index is 12.2. The van der Waals surface area contributed by atoms with E-state index >= 15 is 0 Å². The summed E-state index contributed by atoms with van der Waals surface area (Å²) in [6.07, 6.45) is 4.93. The third-order valence-corrected chi connectivity index (χ3v) is 3.26. The zero-order valence-corrected chi connectivity index (χ0v) is 13.3. The molecule has 0 bridgehead atoms. The van der Waals surface area contributed by atoms with Gasteiger partial charge in [-0.25, -0.2) is 9.59 Å². The Morgan fingerprint density at radius 1 is 1.29 bits per heavy atom. The molecule has 0 saturated heterocycles. The van der Waals surface area contributed by atoms with Crippen molar-refractivity contribution in [2.24, 2.45) is 0 Å². The second-order valence-corrected chi connectivity index (χ2v) is 6.47. The standard InChI is InChI=1S/C15H26BNO4/c1-15(2,3)21-14(19)17-12(9-6-10-16)13(18)20-11-7-4-5-8-11/h11-12H,4-10H2,1-3H3,(H,17,19)/t12-/m0/s1. The van der Waals surface area contributed by atoms with Gasteiger partial charge in [-0.2, -0.15) is 0 Å². The predicted molar refractivity (Wildman–Crippen MR) is 81.3 cm³/mol. The summed E-state index contributed by atoms with van der Waals surface area (Å²) in [5, 5.41) is 2.59. The molecule has 1 atom stereocenters. The van der Waals surface area contributed by atoms with Crippen molar-refractivity contribution in [1.29, 1.82) is 0 Å². The van der Waals surface area contributed by atoms with Crippen LogP contribution in [0.15, 0.2) is 0 Å². The van der Waals surface area contributed by atoms with Crippen molar-refractivity contribution in [2.45, 2.75) is 83.4 Å². The van der Waals surface area contributed by atoms with E-state index in [-0.39, 0.29) is 12.1 Å². The van der Waals surface area contributed by atoms with Gasteiger partial charge in [-0.1, -0.05) is 12.7 Å². The van der Waals surface area contributed by atoms with Crippen LogP contribution in [0.4, 0.5) is 4.79 Å². The quantitative estimate of drug-likeness (QED) is 0.604. The van der Waals surface area contributed by atoms with Gasteiger partial charge in [0, 0.05) is 0 Å². The number of rotatable bonds is 6. The molecule has 1 saturated carbocycles. The van der Waals surface area contributed by atoms with Crippen LogP contribution >= 0.6 is 0 Å². The van der Waals surface area contributed by atoms with Gasteiger partial charge in [0.1, 0.15) is 17.7 Å². The number of amides is 1. The van der Waals surface area contributed by atoms with Crippen LogP contribution in [-0.2, 0) is 14.3 Å². The number of carbonyl (C=O) groups is 2. The Kier molecular flexibility index (Phi) is 7.05. The Labute approximate surface area is 128 Å². The normalized spacial score (nSPS) is 17.3. The average molecular weight is 295 g/mol. The van der Waals surface area contributed by atoms with Crippen molar-refractivity contribution in [3.63, 3.8) is 0 Å². The van der Waals surface area contributed by atoms with Gasteiger partial charge in [-0.15, -0.1) is 0 Å². The van der Waals surface area contributed by atoms with Gasteiger partial charge in [0.25, 0.3) is 0 Å². The number of hydrogen-bond donors (Lipinski definition) is 1. The van der Waals surface area contributed by atoms with E-state index < -0.39 is 17.7 Å². The zero-order valence-electron chi connectivity index (χ0n) is 13.3. The van der Waals surface area contributed by atoms with Crippen LogP contribution in [0.25, 0.3) is 0 Å². The number of alkyl carbamates (subject to hydrolysis) is 1. The molecule has 0 aromatic rings. The monoisotopic (exact) mass is 295 g/mol. The summed E-state index contributed by atoms with van der Waals surface area (Å²) in [7, 11) is 5.48. The van der Waals surface area contributed by atoms with Gasteiger partial charge in [0.05, 0.1) is 7.85 Å². The van der Waals surface area contributed by atoms with E-state index in [1.807, 2.05) is 0 Å². The van der Waals surface area contributed by atoms with Crippen molar-refractivity contribution in [2.75, 3.05) is 0 Å². The lowest BCUT2D eigenvalue weighted by Crippen LogP contribution is -2.45. The smallest absolute Gasteiger partial charge is 0.408 e. The molecule has 1 amide bonds. The third-order valence-electron chi connectivity index (χ3n) is 3.26. The fourth-order valence-electron chi connectivity index (χ4n) is 2.27. The van der Waals surface area contributed by atoms with E-state index in [2.05, 4.69) is 5.32 Å². The van der Waals surface area contributed by atoms with Crippen LogP contribution in [0.3, 0.4) is 0 Å². The summed E-state index contributed by atoms with van der Waals surface area (Å²) in [6.45, 7) is 5.33. The summed E-state index contributed by atoms with van der Waals surface area (Å²) in [5.41, 5.74) is -0.599. The number of carbonyl (C=O) groups excluding carboxylic acids is 2. The Bertz CT molecular complexity index is 348. The zero-order chi connectivity index (χ0) is 15.9. The number of esters is 1. The first-order valence-electron chi connectivity index (χ1n) is 7.72. The molecule has 2 radical (unpaired) electrons. The molecule has 1 fully saturated rings. The van der Waals surface area contributed by atoms with E-state index in [4.69, 9.17) is 17.3 Å². The van der Waals surface area contributed by atoms with Gasteiger partial charge in [-0.05, 0) is 52.9 Å². The molecule has 1 aliphatic rings. The second-order valence-electron chi connectivity index (χ2n) is 6.47. The summed E-state index contributed by atoms with van der Waals surface area (Å²) in [4.78, 5) is 24.0. The second kappa shape index (κ2) is 8.30. The van der Waals surface area contributed by atoms with Gasteiger partial charge >= 0.3 is 12.1 Å². The minimum absolute atomic E-state index is 0.0155. The molecule has 0 aromatic carbocycles. The summed E-state index contributed by atoms with van der Waals surface area (Å²) < 4.78 is 10.6. The van der Waals surface area contributed by atoms with Gasteiger partial charge in [-0.3, -0.25) is 0 Å². The predicted octanol–water partition coefficient (Wildman–Crippen LogP) is 2.73. The van der Waals surface area contributed by atoms with Gasteiger partial charge in [0.15, 0.2) is 0 Å². The van der Waals surface area contributed by atoms with Crippen LogP contribution in [0.2, 0.25) is 6.32 Å². The fourth-order valence-corrected chi connectivity index (χ4v) is 2.27. The van der Waals surface area contributed by atoms with Gasteiger partial charge in [0.2, 0.25) is 0 Å². The van der Waals surface area contributed by atoms with E-state index in [0.717, 1.165) is 25.7 Å². The van der Waals surface area contributed by atoms with Crippen LogP contribution < -0.4 is 5.32 Å². The Morgan fingerprint density at radius 3 is 2.43 bits per heavy atom. The first-order valence-corrected chi connectivity index (χ1v) is 7.72. The third kappa shape index (κ3) is 7.39. The minimum atomic E-state index is -0.691. The topological polar surface area (TPSA) is 64.6 Å². The lowest BCUT2D eigenvalue weighted by Gasteiger charge is -2.23. The molecule has 1 rings (SSSR count). The molecule has 0 heterocycles. The molecule has 1 N–H and O–H groups in total. The van der Waals surface area contributed by atoms with Crippen molar-refractivity contribution < 1.29 is 19.1 Å². The molecule has 118 valence electrons. The first kappa shape index (κ1) is 17.9.